The van der Waals surface area contributed by atoms with Crippen LogP contribution in [0, 0.1) is 11.3 Å². The van der Waals surface area contributed by atoms with Gasteiger partial charge in [-0.3, -0.25) is 10.1 Å². The maximum absolute atomic E-state index is 13.1. The number of nitrogen functional groups attached to an aromatic ring is 2. The molecule has 0 spiro atoms. The number of thiophene rings is 2. The fraction of sp³-hybridized carbons (Fsp3) is 0.0435. The Hall–Kier alpha value is -3.98. The van der Waals surface area contributed by atoms with Crippen LogP contribution in [0.1, 0.15) is 15.2 Å². The molecule has 0 aliphatic rings. The Kier molecular flexibility index (Phi) is 5.62. The lowest BCUT2D eigenvalue weighted by Crippen LogP contribution is -2.11. The molecule has 0 bridgehead atoms. The van der Waals surface area contributed by atoms with Crippen molar-refractivity contribution >= 4 is 66.8 Å². The number of nitrogens with two attached hydrogens (primary N) is 2. The molecule has 0 radical (unpaired) electrons. The lowest BCUT2D eigenvalue weighted by Gasteiger charge is -2.07. The SMILES string of the molecule is COc1cccc(-c2csc(NC(=O)c3sc4nc(N)c(C#N)c(-c5ccsc5)c4c3N)n2)c1. The second kappa shape index (κ2) is 8.75. The van der Waals surface area contributed by atoms with Crippen molar-refractivity contribution in [3.8, 4) is 34.2 Å². The molecule has 0 atom stereocenters. The van der Waals surface area contributed by atoms with Gasteiger partial charge in [-0.2, -0.15) is 16.6 Å². The summed E-state index contributed by atoms with van der Waals surface area (Å²) in [5.41, 5.74) is 16.0. The molecule has 0 aliphatic carbocycles. The first kappa shape index (κ1) is 21.8. The van der Waals surface area contributed by atoms with E-state index in [1.54, 1.807) is 7.11 Å². The molecule has 11 heteroatoms. The molecule has 168 valence electrons. The number of nitriles is 1. The van der Waals surface area contributed by atoms with Crippen molar-refractivity contribution in [1.82, 2.24) is 9.97 Å². The van der Waals surface area contributed by atoms with Crippen molar-refractivity contribution in [1.29, 1.82) is 5.26 Å². The summed E-state index contributed by atoms with van der Waals surface area (Å²) >= 11 is 3.93. The number of rotatable bonds is 5. The van der Waals surface area contributed by atoms with Gasteiger partial charge >= 0.3 is 0 Å². The molecule has 4 aromatic heterocycles. The van der Waals surface area contributed by atoms with Crippen LogP contribution in [0.2, 0.25) is 0 Å². The average molecular weight is 505 g/mol. The quantitative estimate of drug-likeness (QED) is 0.289. The minimum absolute atomic E-state index is 0.104. The number of nitrogens with one attached hydrogen (secondary N) is 1. The highest BCUT2D eigenvalue weighted by Crippen LogP contribution is 2.43. The van der Waals surface area contributed by atoms with Gasteiger partial charge in [0, 0.05) is 21.9 Å². The largest absolute Gasteiger partial charge is 0.497 e. The predicted molar refractivity (Wildman–Crippen MR) is 139 cm³/mol. The van der Waals surface area contributed by atoms with E-state index in [1.807, 2.05) is 46.5 Å². The first-order valence-corrected chi connectivity index (χ1v) is 12.5. The normalized spacial score (nSPS) is 10.8. The Labute approximate surface area is 206 Å². The highest BCUT2D eigenvalue weighted by atomic mass is 32.1. The van der Waals surface area contributed by atoms with Crippen LogP contribution >= 0.6 is 34.0 Å². The molecule has 0 saturated carbocycles. The molecule has 1 amide bonds. The van der Waals surface area contributed by atoms with Gasteiger partial charge in [-0.1, -0.05) is 12.1 Å². The summed E-state index contributed by atoms with van der Waals surface area (Å²) in [5, 5.41) is 19.2. The second-order valence-electron chi connectivity index (χ2n) is 7.12. The third kappa shape index (κ3) is 3.73. The number of nitrogens with zero attached hydrogens (tertiary/aromatic N) is 3. The Balaban J connectivity index is 1.52. The standard InChI is InChI=1S/C23H16N6O2S3/c1-31-13-4-2-3-11(7-13)15-10-33-23(27-15)29-21(30)19-18(25)17-16(12-5-6-32-9-12)14(8-24)20(26)28-22(17)34-19/h2-7,9-10H,25H2,1H3,(H2,26,28)(H,27,29,30). The first-order chi connectivity index (χ1) is 16.5. The van der Waals surface area contributed by atoms with Crippen molar-refractivity contribution in [2.45, 2.75) is 0 Å². The van der Waals surface area contributed by atoms with Gasteiger partial charge in [0.05, 0.1) is 18.5 Å². The smallest absolute Gasteiger partial charge is 0.269 e. The highest BCUT2D eigenvalue weighted by Gasteiger charge is 2.25. The van der Waals surface area contributed by atoms with Crippen LogP contribution in [-0.2, 0) is 0 Å². The maximum atomic E-state index is 13.1. The summed E-state index contributed by atoms with van der Waals surface area (Å²) < 4.78 is 5.27. The minimum atomic E-state index is -0.402. The number of pyridine rings is 1. The van der Waals surface area contributed by atoms with Gasteiger partial charge in [0.2, 0.25) is 0 Å². The number of hydrogen-bond donors (Lipinski definition) is 3. The summed E-state index contributed by atoms with van der Waals surface area (Å²) in [5.74, 6) is 0.423. The van der Waals surface area contributed by atoms with Crippen LogP contribution in [0.15, 0.2) is 46.5 Å². The molecule has 4 heterocycles. The zero-order valence-corrected chi connectivity index (χ0v) is 20.1. The lowest BCUT2D eigenvalue weighted by molar-refractivity contribution is 0.103. The van der Waals surface area contributed by atoms with Gasteiger partial charge in [0.25, 0.3) is 5.91 Å². The fourth-order valence-electron chi connectivity index (χ4n) is 3.55. The maximum Gasteiger partial charge on any atom is 0.269 e. The number of anilines is 3. The summed E-state index contributed by atoms with van der Waals surface area (Å²) in [7, 11) is 1.60. The molecule has 5 aromatic rings. The van der Waals surface area contributed by atoms with Crippen LogP contribution in [0.3, 0.4) is 0 Å². The first-order valence-electron chi connectivity index (χ1n) is 9.85. The van der Waals surface area contributed by atoms with Crippen molar-refractivity contribution in [2.24, 2.45) is 0 Å². The Morgan fingerprint density at radius 3 is 2.76 bits per heavy atom. The summed E-state index contributed by atoms with van der Waals surface area (Å²) in [4.78, 5) is 22.8. The van der Waals surface area contributed by atoms with Gasteiger partial charge in [0.1, 0.15) is 32.9 Å². The van der Waals surface area contributed by atoms with Crippen LogP contribution in [0.25, 0.3) is 32.6 Å². The number of carbonyl (C=O) groups is 1. The van der Waals surface area contributed by atoms with Gasteiger partial charge in [-0.05, 0) is 34.5 Å². The molecular formula is C23H16N6O2S3. The number of benzene rings is 1. The molecule has 1 aromatic carbocycles. The molecule has 5 N–H and O–H groups in total. The number of aromatic nitrogens is 2. The Morgan fingerprint density at radius 1 is 1.18 bits per heavy atom. The van der Waals surface area contributed by atoms with Crippen molar-refractivity contribution in [3.63, 3.8) is 0 Å². The molecule has 0 unspecified atom stereocenters. The molecule has 0 saturated heterocycles. The van der Waals surface area contributed by atoms with Gasteiger partial charge in [0.15, 0.2) is 5.13 Å². The van der Waals surface area contributed by atoms with E-state index in [2.05, 4.69) is 21.4 Å². The Morgan fingerprint density at radius 2 is 2.03 bits per heavy atom. The average Bonchev–Trinajstić information content (AvgIpc) is 3.59. The van der Waals surface area contributed by atoms with E-state index in [0.29, 0.717) is 20.9 Å². The molecule has 34 heavy (non-hydrogen) atoms. The molecule has 8 nitrogen and oxygen atoms in total. The molecule has 0 fully saturated rings. The van der Waals surface area contributed by atoms with Crippen molar-refractivity contribution in [2.75, 3.05) is 23.9 Å². The number of methoxy groups -OCH3 is 1. The van der Waals surface area contributed by atoms with Crippen molar-refractivity contribution in [3.05, 3.63) is 56.9 Å². The van der Waals surface area contributed by atoms with Crippen LogP contribution in [0.5, 0.6) is 5.75 Å². The minimum Gasteiger partial charge on any atom is -0.497 e. The lowest BCUT2D eigenvalue weighted by atomic mass is 9.99. The van der Waals surface area contributed by atoms with Gasteiger partial charge in [-0.25, -0.2) is 9.97 Å². The van der Waals surface area contributed by atoms with E-state index >= 15 is 0 Å². The monoisotopic (exact) mass is 504 g/mol. The number of fused-ring (bicyclic) bond motifs is 1. The zero-order chi connectivity index (χ0) is 23.8. The van der Waals surface area contributed by atoms with E-state index in [-0.39, 0.29) is 21.9 Å². The van der Waals surface area contributed by atoms with E-state index in [0.717, 1.165) is 33.9 Å². The molecule has 5 rings (SSSR count). The summed E-state index contributed by atoms with van der Waals surface area (Å²) in [6, 6.07) is 11.5. The van der Waals surface area contributed by atoms with Crippen LogP contribution in [-0.4, -0.2) is 23.0 Å². The number of ether oxygens (including phenoxy) is 1. The van der Waals surface area contributed by atoms with Gasteiger partial charge in [-0.15, -0.1) is 22.7 Å². The summed E-state index contributed by atoms with van der Waals surface area (Å²) in [6.07, 6.45) is 0. The van der Waals surface area contributed by atoms with E-state index in [4.69, 9.17) is 16.2 Å². The third-order valence-corrected chi connectivity index (χ3v) is 7.66. The number of carbonyl (C=O) groups excluding carboxylic acids is 1. The van der Waals surface area contributed by atoms with E-state index < -0.39 is 5.91 Å². The second-order valence-corrected chi connectivity index (χ2v) is 9.76. The van der Waals surface area contributed by atoms with Crippen LogP contribution < -0.4 is 21.5 Å². The molecule has 0 aliphatic heterocycles. The third-order valence-electron chi connectivity index (χ3n) is 5.12. The predicted octanol–water partition coefficient (Wildman–Crippen LogP) is 5.45. The van der Waals surface area contributed by atoms with Crippen LogP contribution in [0.4, 0.5) is 16.6 Å². The number of hydrogen-bond acceptors (Lipinski definition) is 10. The fourth-order valence-corrected chi connectivity index (χ4v) is 5.92. The van der Waals surface area contributed by atoms with Crippen molar-refractivity contribution < 1.29 is 9.53 Å². The molecular weight excluding hydrogens is 488 g/mol. The number of thiazole rings is 1. The Bertz CT molecular complexity index is 1580. The van der Waals surface area contributed by atoms with E-state index in [1.165, 1.54) is 22.7 Å². The highest BCUT2D eigenvalue weighted by molar-refractivity contribution is 7.21. The van der Waals surface area contributed by atoms with Gasteiger partial charge < -0.3 is 16.2 Å². The zero-order valence-electron chi connectivity index (χ0n) is 17.7. The topological polar surface area (TPSA) is 140 Å². The summed E-state index contributed by atoms with van der Waals surface area (Å²) in [6.45, 7) is 0. The van der Waals surface area contributed by atoms with E-state index in [9.17, 15) is 10.1 Å². The number of amides is 1.